The van der Waals surface area contributed by atoms with Crippen molar-refractivity contribution in [1.29, 1.82) is 0 Å². The predicted octanol–water partition coefficient (Wildman–Crippen LogP) is 2.82. The third-order valence-corrected chi connectivity index (χ3v) is 4.12. The van der Waals surface area contributed by atoms with Crippen LogP contribution in [0.4, 0.5) is 0 Å². The maximum atomic E-state index is 5.67. The first-order valence-electron chi connectivity index (χ1n) is 7.23. The molecule has 2 rings (SSSR count). The fourth-order valence-electron chi connectivity index (χ4n) is 2.96. The first kappa shape index (κ1) is 13.5. The average molecular weight is 247 g/mol. The number of hydrazine groups is 1. The van der Waals surface area contributed by atoms with Crippen molar-refractivity contribution in [3.05, 3.63) is 30.1 Å². The average Bonchev–Trinajstić information content (AvgIpc) is 2.45. The van der Waals surface area contributed by atoms with Gasteiger partial charge in [0.2, 0.25) is 0 Å². The van der Waals surface area contributed by atoms with Crippen LogP contribution in [0.1, 0.15) is 50.5 Å². The molecule has 0 radical (unpaired) electrons. The molecule has 0 aliphatic heterocycles. The second kappa shape index (κ2) is 7.49. The van der Waals surface area contributed by atoms with Crippen LogP contribution in [0.5, 0.6) is 0 Å². The molecular formula is C15H25N3. The van der Waals surface area contributed by atoms with E-state index < -0.39 is 0 Å². The van der Waals surface area contributed by atoms with Crippen molar-refractivity contribution in [2.45, 2.75) is 57.4 Å². The second-order valence-corrected chi connectivity index (χ2v) is 5.50. The van der Waals surface area contributed by atoms with Gasteiger partial charge < -0.3 is 0 Å². The number of aromatic nitrogens is 1. The van der Waals surface area contributed by atoms with Gasteiger partial charge in [-0.1, -0.05) is 32.1 Å². The maximum Gasteiger partial charge on any atom is 0.0270 e. The quantitative estimate of drug-likeness (QED) is 0.600. The lowest BCUT2D eigenvalue weighted by Crippen LogP contribution is -2.37. The Kier molecular flexibility index (Phi) is 5.62. The molecule has 1 aromatic rings. The monoisotopic (exact) mass is 247 g/mol. The highest BCUT2D eigenvalue weighted by Crippen LogP contribution is 2.27. The van der Waals surface area contributed by atoms with Gasteiger partial charge in [-0.05, 0) is 42.9 Å². The summed E-state index contributed by atoms with van der Waals surface area (Å²) in [6.45, 7) is 0. The number of pyridine rings is 1. The normalized spacial score (nSPS) is 18.7. The third kappa shape index (κ3) is 4.39. The largest absolute Gasteiger partial charge is 0.271 e. The van der Waals surface area contributed by atoms with Gasteiger partial charge in [0.25, 0.3) is 0 Å². The van der Waals surface area contributed by atoms with E-state index in [2.05, 4.69) is 22.5 Å². The topological polar surface area (TPSA) is 50.9 Å². The molecule has 0 bridgehead atoms. The molecule has 1 aliphatic rings. The Hall–Kier alpha value is -0.930. The molecule has 3 N–H and O–H groups in total. The molecule has 1 saturated carbocycles. The van der Waals surface area contributed by atoms with Crippen molar-refractivity contribution < 1.29 is 0 Å². The lowest BCUT2D eigenvalue weighted by atomic mass is 9.85. The Labute approximate surface area is 110 Å². The Bertz CT molecular complexity index is 320. The summed E-state index contributed by atoms with van der Waals surface area (Å²) in [5.74, 6) is 6.61. The molecule has 0 spiro atoms. The van der Waals surface area contributed by atoms with E-state index in [0.29, 0.717) is 6.04 Å². The van der Waals surface area contributed by atoms with E-state index in [-0.39, 0.29) is 0 Å². The van der Waals surface area contributed by atoms with Crippen molar-refractivity contribution >= 4 is 0 Å². The molecule has 1 aromatic heterocycles. The number of hydrogen-bond donors (Lipinski definition) is 2. The number of hydrogen-bond acceptors (Lipinski definition) is 3. The molecule has 1 aliphatic carbocycles. The summed E-state index contributed by atoms with van der Waals surface area (Å²) in [5.41, 5.74) is 4.29. The molecule has 100 valence electrons. The zero-order valence-electron chi connectivity index (χ0n) is 11.1. The molecule has 3 nitrogen and oxygen atoms in total. The number of rotatable bonds is 6. The van der Waals surface area contributed by atoms with Gasteiger partial charge in [-0.3, -0.25) is 16.3 Å². The zero-order chi connectivity index (χ0) is 12.6. The van der Waals surface area contributed by atoms with Gasteiger partial charge in [-0.15, -0.1) is 0 Å². The number of nitrogens with zero attached hydrogens (tertiary/aromatic N) is 1. The molecule has 1 atom stereocenters. The Morgan fingerprint density at radius 2 is 1.94 bits per heavy atom. The minimum atomic E-state index is 0.398. The van der Waals surface area contributed by atoms with Gasteiger partial charge in [0, 0.05) is 18.4 Å². The highest BCUT2D eigenvalue weighted by molar-refractivity contribution is 5.11. The van der Waals surface area contributed by atoms with Gasteiger partial charge in [0.1, 0.15) is 0 Å². The highest BCUT2D eigenvalue weighted by atomic mass is 15.2. The van der Waals surface area contributed by atoms with Gasteiger partial charge in [0.15, 0.2) is 0 Å². The number of nitrogens with one attached hydrogen (secondary N) is 1. The SMILES string of the molecule is NNC(CCC1CCCCC1)Cc1ccncc1. The van der Waals surface area contributed by atoms with Crippen LogP contribution < -0.4 is 11.3 Å². The molecule has 1 unspecified atom stereocenters. The smallest absolute Gasteiger partial charge is 0.0270 e. The van der Waals surface area contributed by atoms with Crippen molar-refractivity contribution in [2.24, 2.45) is 11.8 Å². The Morgan fingerprint density at radius 3 is 2.61 bits per heavy atom. The van der Waals surface area contributed by atoms with Gasteiger partial charge in [0.05, 0.1) is 0 Å². The molecule has 3 heteroatoms. The van der Waals surface area contributed by atoms with E-state index in [9.17, 15) is 0 Å². The van der Waals surface area contributed by atoms with E-state index in [4.69, 9.17) is 5.84 Å². The summed E-state index contributed by atoms with van der Waals surface area (Å²) in [4.78, 5) is 4.05. The van der Waals surface area contributed by atoms with Crippen LogP contribution in [0, 0.1) is 5.92 Å². The first-order chi connectivity index (χ1) is 8.88. The lowest BCUT2D eigenvalue weighted by molar-refractivity contribution is 0.313. The van der Waals surface area contributed by atoms with Crippen LogP contribution >= 0.6 is 0 Å². The second-order valence-electron chi connectivity index (χ2n) is 5.50. The van der Waals surface area contributed by atoms with Gasteiger partial charge in [-0.2, -0.15) is 0 Å². The summed E-state index contributed by atoms with van der Waals surface area (Å²) >= 11 is 0. The van der Waals surface area contributed by atoms with Gasteiger partial charge in [-0.25, -0.2) is 0 Å². The first-order valence-corrected chi connectivity index (χ1v) is 7.23. The van der Waals surface area contributed by atoms with Crippen LogP contribution in [0.25, 0.3) is 0 Å². The molecule has 18 heavy (non-hydrogen) atoms. The lowest BCUT2D eigenvalue weighted by Gasteiger charge is -2.24. The van der Waals surface area contributed by atoms with Crippen LogP contribution in [0.3, 0.4) is 0 Å². The minimum Gasteiger partial charge on any atom is -0.271 e. The zero-order valence-corrected chi connectivity index (χ0v) is 11.1. The van der Waals surface area contributed by atoms with E-state index in [1.807, 2.05) is 12.4 Å². The van der Waals surface area contributed by atoms with Crippen LogP contribution in [-0.2, 0) is 6.42 Å². The summed E-state index contributed by atoms with van der Waals surface area (Å²) in [6.07, 6.45) is 14.3. The highest BCUT2D eigenvalue weighted by Gasteiger charge is 2.15. The van der Waals surface area contributed by atoms with Crippen LogP contribution in [-0.4, -0.2) is 11.0 Å². The van der Waals surface area contributed by atoms with Gasteiger partial charge >= 0.3 is 0 Å². The molecule has 1 fully saturated rings. The Morgan fingerprint density at radius 1 is 1.22 bits per heavy atom. The minimum absolute atomic E-state index is 0.398. The van der Waals surface area contributed by atoms with Crippen molar-refractivity contribution in [1.82, 2.24) is 10.4 Å². The summed E-state index contributed by atoms with van der Waals surface area (Å²) < 4.78 is 0. The number of nitrogens with two attached hydrogens (primary N) is 1. The fourth-order valence-corrected chi connectivity index (χ4v) is 2.96. The third-order valence-electron chi connectivity index (χ3n) is 4.12. The van der Waals surface area contributed by atoms with Crippen molar-refractivity contribution in [3.8, 4) is 0 Å². The van der Waals surface area contributed by atoms with Crippen molar-refractivity contribution in [2.75, 3.05) is 0 Å². The molecule has 0 saturated heterocycles. The molecule has 1 heterocycles. The Balaban J connectivity index is 1.75. The van der Waals surface area contributed by atoms with Crippen LogP contribution in [0.2, 0.25) is 0 Å². The van der Waals surface area contributed by atoms with Crippen LogP contribution in [0.15, 0.2) is 24.5 Å². The standard InChI is InChI=1S/C15H25N3/c16-18-15(12-14-8-10-17-11-9-14)7-6-13-4-2-1-3-5-13/h8-11,13,15,18H,1-7,12,16H2. The molecular weight excluding hydrogens is 222 g/mol. The van der Waals surface area contributed by atoms with E-state index in [1.165, 1.54) is 50.5 Å². The summed E-state index contributed by atoms with van der Waals surface area (Å²) in [5, 5.41) is 0. The van der Waals surface area contributed by atoms with E-state index in [1.54, 1.807) is 0 Å². The maximum absolute atomic E-state index is 5.67. The fraction of sp³-hybridized carbons (Fsp3) is 0.667. The summed E-state index contributed by atoms with van der Waals surface area (Å²) in [6, 6.07) is 4.55. The molecule has 0 aromatic carbocycles. The van der Waals surface area contributed by atoms with E-state index >= 15 is 0 Å². The van der Waals surface area contributed by atoms with E-state index in [0.717, 1.165) is 12.3 Å². The molecule has 0 amide bonds. The van der Waals surface area contributed by atoms with Crippen molar-refractivity contribution in [3.63, 3.8) is 0 Å². The predicted molar refractivity (Wildman–Crippen MR) is 74.9 cm³/mol. The summed E-state index contributed by atoms with van der Waals surface area (Å²) in [7, 11) is 0.